The second-order valence-corrected chi connectivity index (χ2v) is 5.53. The fourth-order valence-corrected chi connectivity index (χ4v) is 1.39. The molecule has 0 amide bonds. The van der Waals surface area contributed by atoms with Crippen molar-refractivity contribution in [2.45, 2.75) is 46.0 Å². The molecule has 0 saturated carbocycles. The molecule has 0 saturated heterocycles. The third-order valence-corrected chi connectivity index (χ3v) is 2.42. The van der Waals surface area contributed by atoms with Crippen LogP contribution in [0.3, 0.4) is 0 Å². The lowest BCUT2D eigenvalue weighted by molar-refractivity contribution is -0.154. The number of alkyl halides is 3. The summed E-state index contributed by atoms with van der Waals surface area (Å²) >= 11 is 0. The van der Waals surface area contributed by atoms with Crippen molar-refractivity contribution in [1.29, 1.82) is 0 Å². The molecule has 1 aromatic heterocycles. The monoisotopic (exact) mass is 294 g/mol. The van der Waals surface area contributed by atoms with Crippen LogP contribution in [0.1, 0.15) is 32.0 Å². The molecule has 0 spiro atoms. The minimum Gasteiger partial charge on any atom is -0.466 e. The van der Waals surface area contributed by atoms with E-state index in [-0.39, 0.29) is 5.54 Å². The van der Waals surface area contributed by atoms with Gasteiger partial charge in [0.2, 0.25) is 0 Å². The standard InChI is InChI=1S/C13H18F4N2O/c1-8-9(6-18-12(2,3)4)5-10(14)11(19-8)20-7-13(15,16)17/h5,18H,6-7H2,1-4H3. The number of aryl methyl sites for hydroxylation is 1. The van der Waals surface area contributed by atoms with Crippen molar-refractivity contribution in [2.75, 3.05) is 6.61 Å². The Kier molecular flexibility index (Phi) is 4.96. The van der Waals surface area contributed by atoms with Gasteiger partial charge in [0.25, 0.3) is 5.88 Å². The van der Waals surface area contributed by atoms with Gasteiger partial charge in [0.1, 0.15) is 0 Å². The van der Waals surface area contributed by atoms with Gasteiger partial charge in [-0.1, -0.05) is 0 Å². The molecule has 0 atom stereocenters. The molecule has 1 rings (SSSR count). The van der Waals surface area contributed by atoms with E-state index < -0.39 is 24.5 Å². The topological polar surface area (TPSA) is 34.1 Å². The van der Waals surface area contributed by atoms with Crippen molar-refractivity contribution in [1.82, 2.24) is 10.3 Å². The van der Waals surface area contributed by atoms with Crippen molar-refractivity contribution >= 4 is 0 Å². The third kappa shape index (κ3) is 5.73. The Balaban J connectivity index is 2.81. The number of hydrogen-bond acceptors (Lipinski definition) is 3. The van der Waals surface area contributed by atoms with Crippen molar-refractivity contribution in [3.8, 4) is 5.88 Å². The Morgan fingerprint density at radius 3 is 2.35 bits per heavy atom. The van der Waals surface area contributed by atoms with E-state index in [2.05, 4.69) is 15.0 Å². The molecule has 114 valence electrons. The highest BCUT2D eigenvalue weighted by molar-refractivity contribution is 5.26. The average Bonchev–Trinajstić information content (AvgIpc) is 2.25. The Morgan fingerprint density at radius 2 is 1.85 bits per heavy atom. The van der Waals surface area contributed by atoms with Crippen LogP contribution in [0, 0.1) is 12.7 Å². The maximum Gasteiger partial charge on any atom is 0.422 e. The normalized spacial score (nSPS) is 12.6. The van der Waals surface area contributed by atoms with E-state index in [4.69, 9.17) is 0 Å². The number of hydrogen-bond donors (Lipinski definition) is 1. The number of ether oxygens (including phenoxy) is 1. The molecular formula is C13H18F4N2O. The van der Waals surface area contributed by atoms with Crippen molar-refractivity contribution in [3.05, 3.63) is 23.1 Å². The summed E-state index contributed by atoms with van der Waals surface area (Å²) in [4.78, 5) is 3.74. The molecule has 0 aliphatic rings. The van der Waals surface area contributed by atoms with E-state index in [0.717, 1.165) is 6.07 Å². The van der Waals surface area contributed by atoms with Gasteiger partial charge in [-0.15, -0.1) is 0 Å². The highest BCUT2D eigenvalue weighted by Gasteiger charge is 2.29. The summed E-state index contributed by atoms with van der Waals surface area (Å²) in [5, 5.41) is 3.15. The molecule has 0 radical (unpaired) electrons. The van der Waals surface area contributed by atoms with Crippen LogP contribution in [0.2, 0.25) is 0 Å². The molecule has 0 unspecified atom stereocenters. The van der Waals surface area contributed by atoms with Crippen LogP contribution in [-0.2, 0) is 6.54 Å². The summed E-state index contributed by atoms with van der Waals surface area (Å²) in [6, 6.07) is 1.15. The molecule has 0 fully saturated rings. The van der Waals surface area contributed by atoms with Crippen molar-refractivity contribution in [3.63, 3.8) is 0 Å². The number of halogens is 4. The summed E-state index contributed by atoms with van der Waals surface area (Å²) in [5.74, 6) is -1.52. The Hall–Kier alpha value is -1.37. The maximum atomic E-state index is 13.6. The molecule has 0 aliphatic carbocycles. The van der Waals surface area contributed by atoms with Crippen molar-refractivity contribution in [2.24, 2.45) is 0 Å². The summed E-state index contributed by atoms with van der Waals surface area (Å²) in [6.07, 6.45) is -4.52. The summed E-state index contributed by atoms with van der Waals surface area (Å²) in [6.45, 7) is 6.26. The minimum atomic E-state index is -4.52. The molecular weight excluding hydrogens is 276 g/mol. The quantitative estimate of drug-likeness (QED) is 0.865. The van der Waals surface area contributed by atoms with Gasteiger partial charge in [0.15, 0.2) is 12.4 Å². The third-order valence-electron chi connectivity index (χ3n) is 2.42. The highest BCUT2D eigenvalue weighted by Crippen LogP contribution is 2.22. The number of rotatable bonds is 4. The zero-order valence-electron chi connectivity index (χ0n) is 11.9. The number of nitrogens with zero attached hydrogens (tertiary/aromatic N) is 1. The van der Waals surface area contributed by atoms with Crippen LogP contribution < -0.4 is 10.1 Å². The molecule has 0 bridgehead atoms. The Bertz CT molecular complexity index is 423. The first-order valence-corrected chi connectivity index (χ1v) is 6.08. The SMILES string of the molecule is Cc1nc(OCC(F)(F)F)c(F)cc1CNC(C)(C)C. The smallest absolute Gasteiger partial charge is 0.422 e. The number of pyridine rings is 1. The molecule has 3 nitrogen and oxygen atoms in total. The second-order valence-electron chi connectivity index (χ2n) is 5.53. The van der Waals surface area contributed by atoms with Crippen LogP contribution in [0.4, 0.5) is 17.6 Å². The summed E-state index contributed by atoms with van der Waals surface area (Å²) in [5.41, 5.74) is 0.853. The lowest BCUT2D eigenvalue weighted by Crippen LogP contribution is -2.35. The van der Waals surface area contributed by atoms with Crippen molar-refractivity contribution < 1.29 is 22.3 Å². The highest BCUT2D eigenvalue weighted by atomic mass is 19.4. The van der Waals surface area contributed by atoms with Crippen LogP contribution >= 0.6 is 0 Å². The first kappa shape index (κ1) is 16.7. The predicted octanol–water partition coefficient (Wildman–Crippen LogP) is 3.36. The zero-order valence-corrected chi connectivity index (χ0v) is 11.9. The van der Waals surface area contributed by atoms with E-state index in [1.807, 2.05) is 20.8 Å². The summed E-state index contributed by atoms with van der Waals surface area (Å²) < 4.78 is 54.1. The lowest BCUT2D eigenvalue weighted by Gasteiger charge is -2.21. The van der Waals surface area contributed by atoms with E-state index >= 15 is 0 Å². The van der Waals surface area contributed by atoms with Crippen LogP contribution in [0.15, 0.2) is 6.07 Å². The van der Waals surface area contributed by atoms with Gasteiger partial charge in [0.05, 0.1) is 0 Å². The van der Waals surface area contributed by atoms with E-state index in [9.17, 15) is 17.6 Å². The van der Waals surface area contributed by atoms with Crippen LogP contribution in [0.25, 0.3) is 0 Å². The van der Waals surface area contributed by atoms with E-state index in [1.54, 1.807) is 6.92 Å². The first-order valence-electron chi connectivity index (χ1n) is 6.08. The zero-order chi connectivity index (χ0) is 15.6. The number of aromatic nitrogens is 1. The van der Waals surface area contributed by atoms with Gasteiger partial charge in [-0.25, -0.2) is 9.37 Å². The molecule has 1 N–H and O–H groups in total. The molecule has 0 aliphatic heterocycles. The molecule has 1 heterocycles. The average molecular weight is 294 g/mol. The van der Waals surface area contributed by atoms with Gasteiger partial charge in [-0.2, -0.15) is 13.2 Å². The van der Waals surface area contributed by atoms with Gasteiger partial charge in [0, 0.05) is 17.8 Å². The maximum absolute atomic E-state index is 13.6. The van der Waals surface area contributed by atoms with Gasteiger partial charge >= 0.3 is 6.18 Å². The molecule has 0 aromatic carbocycles. The van der Waals surface area contributed by atoms with Crippen LogP contribution in [0.5, 0.6) is 5.88 Å². The molecule has 20 heavy (non-hydrogen) atoms. The fraction of sp³-hybridized carbons (Fsp3) is 0.615. The van der Waals surface area contributed by atoms with Gasteiger partial charge in [-0.3, -0.25) is 0 Å². The lowest BCUT2D eigenvalue weighted by atomic mass is 10.1. The second kappa shape index (κ2) is 5.95. The molecule has 1 aromatic rings. The van der Waals surface area contributed by atoms with Gasteiger partial charge in [-0.05, 0) is 39.3 Å². The van der Waals surface area contributed by atoms with Gasteiger partial charge < -0.3 is 10.1 Å². The van der Waals surface area contributed by atoms with Crippen LogP contribution in [-0.4, -0.2) is 23.3 Å². The summed E-state index contributed by atoms with van der Waals surface area (Å²) in [7, 11) is 0. The molecule has 7 heteroatoms. The Morgan fingerprint density at radius 1 is 1.25 bits per heavy atom. The Labute approximate surface area is 115 Å². The largest absolute Gasteiger partial charge is 0.466 e. The predicted molar refractivity (Wildman–Crippen MR) is 67.1 cm³/mol. The minimum absolute atomic E-state index is 0.158. The fourth-order valence-electron chi connectivity index (χ4n) is 1.39. The van der Waals surface area contributed by atoms with E-state index in [0.29, 0.717) is 17.8 Å². The first-order chi connectivity index (χ1) is 8.98. The number of nitrogens with one attached hydrogen (secondary N) is 1. The van der Waals surface area contributed by atoms with E-state index in [1.165, 1.54) is 0 Å².